The quantitative estimate of drug-likeness (QED) is 0.701. The van der Waals surface area contributed by atoms with Crippen molar-refractivity contribution in [2.24, 2.45) is 0 Å². The van der Waals surface area contributed by atoms with Crippen molar-refractivity contribution in [3.05, 3.63) is 22.2 Å². The second-order valence-electron chi connectivity index (χ2n) is 2.60. The fourth-order valence-corrected chi connectivity index (χ4v) is 1.10. The Hall–Kier alpha value is -1.52. The average Bonchev–Trinajstić information content (AvgIpc) is 2.53. The molecule has 1 unspecified atom stereocenters. The van der Waals surface area contributed by atoms with E-state index in [-0.39, 0.29) is 5.56 Å². The minimum Gasteiger partial charge on any atom is -0.468 e. The van der Waals surface area contributed by atoms with Crippen molar-refractivity contribution in [2.75, 3.05) is 7.11 Å². The van der Waals surface area contributed by atoms with E-state index < -0.39 is 11.9 Å². The predicted octanol–water partition coefficient (Wildman–Crippen LogP) is 0.634. The number of methoxy groups -OCH3 is 1. The van der Waals surface area contributed by atoms with Crippen LogP contribution in [0.2, 0.25) is 0 Å². The lowest BCUT2D eigenvalue weighted by Gasteiger charge is -2.07. The van der Waals surface area contributed by atoms with E-state index in [0.29, 0.717) is 12.2 Å². The summed E-state index contributed by atoms with van der Waals surface area (Å²) in [6, 6.07) is 1.26. The minimum absolute atomic E-state index is 0.319. The van der Waals surface area contributed by atoms with Gasteiger partial charge in [0.1, 0.15) is 5.92 Å². The first-order valence-electron chi connectivity index (χ1n) is 3.95. The zero-order valence-electron chi connectivity index (χ0n) is 7.49. The van der Waals surface area contributed by atoms with Crippen LogP contribution in [-0.2, 0) is 9.53 Å². The molecule has 0 aromatic carbocycles. The summed E-state index contributed by atoms with van der Waals surface area (Å²) in [5, 5.41) is 2.12. The molecule has 1 atom stereocenters. The number of aromatic amines is 1. The highest BCUT2D eigenvalue weighted by Crippen LogP contribution is 2.18. The molecule has 0 radical (unpaired) electrons. The molecule has 1 aromatic rings. The van der Waals surface area contributed by atoms with Crippen LogP contribution in [0.4, 0.5) is 0 Å². The summed E-state index contributed by atoms with van der Waals surface area (Å²) in [6.07, 6.45) is 0.535. The van der Waals surface area contributed by atoms with E-state index in [2.05, 4.69) is 9.89 Å². The molecule has 0 saturated carbocycles. The number of nitrogens with one attached hydrogen (secondary N) is 1. The molecule has 5 nitrogen and oxygen atoms in total. The first-order chi connectivity index (χ1) is 6.19. The lowest BCUT2D eigenvalue weighted by Crippen LogP contribution is -2.12. The number of hydrogen-bond donors (Lipinski definition) is 1. The van der Waals surface area contributed by atoms with Crippen molar-refractivity contribution in [1.82, 2.24) is 5.16 Å². The zero-order valence-corrected chi connectivity index (χ0v) is 7.49. The Labute approximate surface area is 74.7 Å². The number of H-pyrrole nitrogens is 1. The SMILES string of the molecule is CCC(C(=O)OC)c1cc(=O)[nH]o1. The summed E-state index contributed by atoms with van der Waals surface area (Å²) in [4.78, 5) is 21.9. The van der Waals surface area contributed by atoms with Crippen molar-refractivity contribution in [3.63, 3.8) is 0 Å². The summed E-state index contributed by atoms with van der Waals surface area (Å²) in [5.74, 6) is -0.575. The third kappa shape index (κ3) is 1.99. The highest BCUT2D eigenvalue weighted by Gasteiger charge is 2.23. The van der Waals surface area contributed by atoms with E-state index in [4.69, 9.17) is 4.52 Å². The second kappa shape index (κ2) is 3.93. The fourth-order valence-electron chi connectivity index (χ4n) is 1.10. The molecule has 0 amide bonds. The van der Waals surface area contributed by atoms with Gasteiger partial charge in [-0.15, -0.1) is 0 Å². The summed E-state index contributed by atoms with van der Waals surface area (Å²) in [7, 11) is 1.30. The average molecular weight is 185 g/mol. The van der Waals surface area contributed by atoms with E-state index >= 15 is 0 Å². The Kier molecular flexibility index (Phi) is 2.89. The molecule has 5 heteroatoms. The highest BCUT2D eigenvalue weighted by atomic mass is 16.5. The van der Waals surface area contributed by atoms with Crippen LogP contribution in [0.25, 0.3) is 0 Å². The molecular weight excluding hydrogens is 174 g/mol. The van der Waals surface area contributed by atoms with Crippen LogP contribution in [0.15, 0.2) is 15.4 Å². The number of ether oxygens (including phenoxy) is 1. The van der Waals surface area contributed by atoms with E-state index in [1.165, 1.54) is 13.2 Å². The smallest absolute Gasteiger partial charge is 0.316 e. The van der Waals surface area contributed by atoms with Crippen LogP contribution >= 0.6 is 0 Å². The zero-order chi connectivity index (χ0) is 9.84. The van der Waals surface area contributed by atoms with Crippen LogP contribution in [0.5, 0.6) is 0 Å². The number of esters is 1. The summed E-state index contributed by atoms with van der Waals surface area (Å²) >= 11 is 0. The maximum Gasteiger partial charge on any atom is 0.316 e. The van der Waals surface area contributed by atoms with Crippen LogP contribution in [0, 0.1) is 0 Å². The van der Waals surface area contributed by atoms with Gasteiger partial charge in [0, 0.05) is 6.07 Å². The van der Waals surface area contributed by atoms with Crippen LogP contribution in [0.3, 0.4) is 0 Å². The maximum absolute atomic E-state index is 11.2. The highest BCUT2D eigenvalue weighted by molar-refractivity contribution is 5.76. The predicted molar refractivity (Wildman–Crippen MR) is 44.4 cm³/mol. The standard InChI is InChI=1S/C8H11NO4/c1-3-5(8(11)12-2)6-4-7(10)9-13-6/h4-5H,3H2,1-2H3,(H,9,10). The van der Waals surface area contributed by atoms with E-state index in [9.17, 15) is 9.59 Å². The Balaban J connectivity index is 2.90. The Morgan fingerprint density at radius 2 is 2.46 bits per heavy atom. The summed E-state index contributed by atoms with van der Waals surface area (Å²) in [5.41, 5.74) is -0.350. The van der Waals surface area contributed by atoms with Crippen molar-refractivity contribution in [3.8, 4) is 0 Å². The van der Waals surface area contributed by atoms with Crippen molar-refractivity contribution in [1.29, 1.82) is 0 Å². The van der Waals surface area contributed by atoms with Crippen molar-refractivity contribution >= 4 is 5.97 Å². The number of rotatable bonds is 3. The fraction of sp³-hybridized carbons (Fsp3) is 0.500. The molecule has 13 heavy (non-hydrogen) atoms. The van der Waals surface area contributed by atoms with E-state index in [1.54, 1.807) is 0 Å². The third-order valence-electron chi connectivity index (χ3n) is 1.78. The number of aromatic nitrogens is 1. The first-order valence-corrected chi connectivity index (χ1v) is 3.95. The van der Waals surface area contributed by atoms with Gasteiger partial charge in [-0.1, -0.05) is 6.92 Å². The molecule has 0 saturated heterocycles. The topological polar surface area (TPSA) is 72.3 Å². The van der Waals surface area contributed by atoms with Gasteiger partial charge in [-0.2, -0.15) is 5.16 Å². The van der Waals surface area contributed by atoms with E-state index in [0.717, 1.165) is 0 Å². The molecule has 0 fully saturated rings. The molecule has 0 spiro atoms. The monoisotopic (exact) mass is 185 g/mol. The van der Waals surface area contributed by atoms with Crippen LogP contribution in [0.1, 0.15) is 25.0 Å². The van der Waals surface area contributed by atoms with Crippen LogP contribution in [-0.4, -0.2) is 18.2 Å². The van der Waals surface area contributed by atoms with Gasteiger partial charge in [0.2, 0.25) is 0 Å². The largest absolute Gasteiger partial charge is 0.468 e. The van der Waals surface area contributed by atoms with Gasteiger partial charge in [0.25, 0.3) is 5.56 Å². The molecule has 1 N–H and O–H groups in total. The van der Waals surface area contributed by atoms with Gasteiger partial charge in [-0.05, 0) is 6.42 Å². The molecule has 0 aliphatic carbocycles. The molecule has 0 bridgehead atoms. The molecule has 1 rings (SSSR count). The Bertz CT molecular complexity index is 338. The normalized spacial score (nSPS) is 12.5. The van der Waals surface area contributed by atoms with Gasteiger partial charge >= 0.3 is 5.97 Å². The number of carbonyl (C=O) groups excluding carboxylic acids is 1. The maximum atomic E-state index is 11.2. The molecule has 1 aromatic heterocycles. The molecule has 1 heterocycles. The van der Waals surface area contributed by atoms with Gasteiger partial charge in [0.15, 0.2) is 5.76 Å². The van der Waals surface area contributed by atoms with Gasteiger partial charge < -0.3 is 9.26 Å². The van der Waals surface area contributed by atoms with Crippen molar-refractivity contribution in [2.45, 2.75) is 19.3 Å². The summed E-state index contributed by atoms with van der Waals surface area (Å²) in [6.45, 7) is 1.81. The molecule has 0 aliphatic rings. The van der Waals surface area contributed by atoms with Gasteiger partial charge in [-0.3, -0.25) is 9.59 Å². The lowest BCUT2D eigenvalue weighted by molar-refractivity contribution is -0.143. The van der Waals surface area contributed by atoms with Gasteiger partial charge in [0.05, 0.1) is 7.11 Å². The number of carbonyl (C=O) groups is 1. The third-order valence-corrected chi connectivity index (χ3v) is 1.78. The van der Waals surface area contributed by atoms with Crippen molar-refractivity contribution < 1.29 is 14.1 Å². The molecule has 0 aliphatic heterocycles. The Morgan fingerprint density at radius 1 is 1.77 bits per heavy atom. The minimum atomic E-state index is -0.496. The molecule has 72 valence electrons. The van der Waals surface area contributed by atoms with E-state index in [1.807, 2.05) is 6.92 Å². The van der Waals surface area contributed by atoms with Gasteiger partial charge in [-0.25, -0.2) is 0 Å². The van der Waals surface area contributed by atoms with Crippen LogP contribution < -0.4 is 5.56 Å². The molecular formula is C8H11NO4. The lowest BCUT2D eigenvalue weighted by atomic mass is 10.0. The second-order valence-corrected chi connectivity index (χ2v) is 2.60. The summed E-state index contributed by atoms with van der Waals surface area (Å²) < 4.78 is 9.35. The number of hydrogen-bond acceptors (Lipinski definition) is 4. The Morgan fingerprint density at radius 3 is 2.85 bits per heavy atom. The first kappa shape index (κ1) is 9.57.